The number of aromatic nitrogens is 2. The van der Waals surface area contributed by atoms with Crippen LogP contribution >= 0.6 is 0 Å². The lowest BCUT2D eigenvalue weighted by atomic mass is 10.1. The maximum atomic E-state index is 13.2. The van der Waals surface area contributed by atoms with Gasteiger partial charge in [-0.3, -0.25) is 4.79 Å². The normalized spacial score (nSPS) is 11.8. The molecule has 12 heteroatoms. The molecule has 0 radical (unpaired) electrons. The largest absolute Gasteiger partial charge is 0.438 e. The Bertz CT molecular complexity index is 1320. The third kappa shape index (κ3) is 5.40. The van der Waals surface area contributed by atoms with Gasteiger partial charge in [0.05, 0.1) is 0 Å². The number of alkyl halides is 3. The van der Waals surface area contributed by atoms with Gasteiger partial charge in [-0.05, 0) is 56.2 Å². The van der Waals surface area contributed by atoms with Gasteiger partial charge in [-0.25, -0.2) is 14.7 Å². The van der Waals surface area contributed by atoms with E-state index in [1.54, 1.807) is 30.7 Å². The highest BCUT2D eigenvalue weighted by molar-refractivity contribution is 7.90. The molecule has 2 heterocycles. The van der Waals surface area contributed by atoms with Crippen molar-refractivity contribution in [3.63, 3.8) is 0 Å². The van der Waals surface area contributed by atoms with Gasteiger partial charge in [-0.2, -0.15) is 21.6 Å². The fourth-order valence-corrected chi connectivity index (χ4v) is 4.03. The molecule has 0 bridgehead atoms. The van der Waals surface area contributed by atoms with Gasteiger partial charge in [0.2, 0.25) is 5.88 Å². The number of pyridine rings is 2. The zero-order valence-corrected chi connectivity index (χ0v) is 18.5. The first kappa shape index (κ1) is 24.0. The minimum atomic E-state index is -4.82. The van der Waals surface area contributed by atoms with Crippen LogP contribution in [-0.4, -0.2) is 24.3 Å². The fourth-order valence-electron chi connectivity index (χ4n) is 3.08. The lowest BCUT2D eigenvalue weighted by Crippen LogP contribution is -2.31. The number of nitrogen functional groups attached to an aromatic ring is 1. The highest BCUT2D eigenvalue weighted by atomic mass is 32.2. The predicted molar refractivity (Wildman–Crippen MR) is 113 cm³/mol. The van der Waals surface area contributed by atoms with Crippen molar-refractivity contribution >= 4 is 21.7 Å². The van der Waals surface area contributed by atoms with Crippen LogP contribution in [0.3, 0.4) is 0 Å². The summed E-state index contributed by atoms with van der Waals surface area (Å²) in [6, 6.07) is 8.60. The first-order chi connectivity index (χ1) is 15.3. The van der Waals surface area contributed by atoms with Crippen LogP contribution in [0.5, 0.6) is 11.6 Å². The Balaban J connectivity index is 2.05. The smallest absolute Gasteiger partial charge is 0.433 e. The molecule has 3 N–H and O–H groups in total. The number of carbonyl (C=O) groups is 1. The summed E-state index contributed by atoms with van der Waals surface area (Å²) in [4.78, 5) is 19.8. The molecule has 0 fully saturated rings. The fraction of sp³-hybridized carbons (Fsp3) is 0.190. The minimum Gasteiger partial charge on any atom is -0.438 e. The molecule has 0 spiro atoms. The highest BCUT2D eigenvalue weighted by Gasteiger charge is 2.34. The van der Waals surface area contributed by atoms with E-state index in [-0.39, 0.29) is 11.6 Å². The number of aryl methyl sites for hydroxylation is 3. The third-order valence-electron chi connectivity index (χ3n) is 4.45. The lowest BCUT2D eigenvalue weighted by Gasteiger charge is -2.16. The molecule has 1 amide bonds. The van der Waals surface area contributed by atoms with E-state index in [1.807, 2.05) is 6.92 Å². The highest BCUT2D eigenvalue weighted by Crippen LogP contribution is 2.34. The Morgan fingerprint density at radius 3 is 2.24 bits per heavy atom. The lowest BCUT2D eigenvalue weighted by molar-refractivity contribution is -0.141. The van der Waals surface area contributed by atoms with E-state index in [0.717, 1.165) is 17.7 Å². The van der Waals surface area contributed by atoms with Gasteiger partial charge in [0, 0.05) is 0 Å². The molecular weight excluding hydrogens is 461 g/mol. The van der Waals surface area contributed by atoms with Crippen molar-refractivity contribution in [1.29, 1.82) is 0 Å². The molecule has 0 aliphatic heterocycles. The topological polar surface area (TPSA) is 124 Å². The number of carbonyl (C=O) groups excluding carboxylic acids is 1. The van der Waals surface area contributed by atoms with Crippen molar-refractivity contribution in [3.05, 3.63) is 70.4 Å². The van der Waals surface area contributed by atoms with Gasteiger partial charge in [0.15, 0.2) is 5.03 Å². The SMILES string of the molecule is Cc1cc(C)c(Oc2nc(C(F)(F)F)ccc2C(=O)NS(=O)(=O)c2cccc(N)n2)c(C)c1. The van der Waals surface area contributed by atoms with E-state index in [2.05, 4.69) is 9.97 Å². The summed E-state index contributed by atoms with van der Waals surface area (Å²) in [5.41, 5.74) is 5.73. The number of rotatable bonds is 5. The molecule has 0 saturated heterocycles. The van der Waals surface area contributed by atoms with Gasteiger partial charge < -0.3 is 10.5 Å². The summed E-state index contributed by atoms with van der Waals surface area (Å²) in [7, 11) is -4.48. The first-order valence-corrected chi connectivity index (χ1v) is 10.9. The Labute approximate surface area is 187 Å². The van der Waals surface area contributed by atoms with E-state index >= 15 is 0 Å². The summed E-state index contributed by atoms with van der Waals surface area (Å²) in [6.45, 7) is 5.19. The van der Waals surface area contributed by atoms with Crippen LogP contribution in [0.4, 0.5) is 19.0 Å². The minimum absolute atomic E-state index is 0.101. The van der Waals surface area contributed by atoms with Crippen LogP contribution in [0.1, 0.15) is 32.7 Å². The number of hydrogen-bond donors (Lipinski definition) is 2. The number of halogens is 3. The predicted octanol–water partition coefficient (Wildman–Crippen LogP) is 3.91. The molecule has 0 aliphatic carbocycles. The number of benzene rings is 1. The molecule has 0 aliphatic rings. The average Bonchev–Trinajstić information content (AvgIpc) is 2.69. The second-order valence-corrected chi connectivity index (χ2v) is 8.84. The number of ether oxygens (including phenoxy) is 1. The number of anilines is 1. The van der Waals surface area contributed by atoms with Gasteiger partial charge >= 0.3 is 6.18 Å². The number of hydrogen-bond acceptors (Lipinski definition) is 7. The van der Waals surface area contributed by atoms with Crippen molar-refractivity contribution < 1.29 is 31.1 Å². The molecule has 8 nitrogen and oxygen atoms in total. The van der Waals surface area contributed by atoms with Gasteiger partial charge in [0.1, 0.15) is 22.8 Å². The van der Waals surface area contributed by atoms with E-state index in [9.17, 15) is 26.4 Å². The van der Waals surface area contributed by atoms with Crippen molar-refractivity contribution in [3.8, 4) is 11.6 Å². The van der Waals surface area contributed by atoms with Crippen LogP contribution < -0.4 is 15.2 Å². The standard InChI is InChI=1S/C21H19F3N4O4S/c1-11-9-12(2)18(13(3)10-11)32-20-14(7-8-15(26-20)21(22,23)24)19(29)28-33(30,31)17-6-4-5-16(25)27-17/h4-10H,1-3H3,(H2,25,27)(H,28,29). The Kier molecular flexibility index (Phi) is 6.32. The van der Waals surface area contributed by atoms with Crippen molar-refractivity contribution in [1.82, 2.24) is 14.7 Å². The second kappa shape index (κ2) is 8.70. The molecule has 0 unspecified atom stereocenters. The zero-order valence-electron chi connectivity index (χ0n) is 17.7. The molecule has 174 valence electrons. The molecular formula is C21H19F3N4O4S. The van der Waals surface area contributed by atoms with Gasteiger partial charge in [0.25, 0.3) is 15.9 Å². The molecule has 3 aromatic rings. The van der Waals surface area contributed by atoms with Crippen LogP contribution in [0.25, 0.3) is 0 Å². The number of nitrogens with one attached hydrogen (secondary N) is 1. The van der Waals surface area contributed by atoms with E-state index in [4.69, 9.17) is 10.5 Å². The second-order valence-electron chi connectivity index (χ2n) is 7.21. The van der Waals surface area contributed by atoms with Crippen LogP contribution in [0.15, 0.2) is 47.5 Å². The molecule has 0 atom stereocenters. The Morgan fingerprint density at radius 2 is 1.67 bits per heavy atom. The van der Waals surface area contributed by atoms with Gasteiger partial charge in [-0.1, -0.05) is 23.8 Å². The van der Waals surface area contributed by atoms with Crippen LogP contribution in [-0.2, 0) is 16.2 Å². The quantitative estimate of drug-likeness (QED) is 0.567. The number of sulfonamides is 1. The molecule has 0 saturated carbocycles. The Hall–Kier alpha value is -3.67. The maximum Gasteiger partial charge on any atom is 0.433 e. The summed E-state index contributed by atoms with van der Waals surface area (Å²) < 4.78 is 72.1. The van der Waals surface area contributed by atoms with Crippen molar-refractivity contribution in [2.45, 2.75) is 32.0 Å². The van der Waals surface area contributed by atoms with E-state index in [0.29, 0.717) is 17.2 Å². The summed E-state index contributed by atoms with van der Waals surface area (Å²) >= 11 is 0. The van der Waals surface area contributed by atoms with Crippen molar-refractivity contribution in [2.75, 3.05) is 5.73 Å². The first-order valence-electron chi connectivity index (χ1n) is 9.41. The zero-order chi connectivity index (χ0) is 24.6. The maximum absolute atomic E-state index is 13.2. The summed E-state index contributed by atoms with van der Waals surface area (Å²) in [6.07, 6.45) is -4.82. The third-order valence-corrected chi connectivity index (χ3v) is 5.68. The number of nitrogens with two attached hydrogens (primary N) is 1. The average molecular weight is 480 g/mol. The molecule has 2 aromatic heterocycles. The monoisotopic (exact) mass is 480 g/mol. The summed E-state index contributed by atoms with van der Waals surface area (Å²) in [5, 5.41) is -0.539. The molecule has 33 heavy (non-hydrogen) atoms. The number of amides is 1. The molecule has 1 aromatic carbocycles. The van der Waals surface area contributed by atoms with Crippen LogP contribution in [0.2, 0.25) is 0 Å². The van der Waals surface area contributed by atoms with Crippen molar-refractivity contribution in [2.24, 2.45) is 0 Å². The van der Waals surface area contributed by atoms with E-state index < -0.39 is 44.3 Å². The molecule has 3 rings (SSSR count). The van der Waals surface area contributed by atoms with E-state index in [1.165, 1.54) is 12.1 Å². The summed E-state index contributed by atoms with van der Waals surface area (Å²) in [5.74, 6) is -1.86. The van der Waals surface area contributed by atoms with Crippen LogP contribution in [0, 0.1) is 20.8 Å². The number of nitrogens with zero attached hydrogens (tertiary/aromatic N) is 2. The van der Waals surface area contributed by atoms with Gasteiger partial charge in [-0.15, -0.1) is 0 Å². The Morgan fingerprint density at radius 1 is 1.03 bits per heavy atom.